The third kappa shape index (κ3) is 5.38. The van der Waals surface area contributed by atoms with Crippen molar-refractivity contribution < 1.29 is 0 Å². The lowest BCUT2D eigenvalue weighted by atomic mass is 9.67. The van der Waals surface area contributed by atoms with Gasteiger partial charge in [0.25, 0.3) is 0 Å². The van der Waals surface area contributed by atoms with E-state index in [9.17, 15) is 5.26 Å². The zero-order valence-electron chi connectivity index (χ0n) is 17.9. The fourth-order valence-corrected chi connectivity index (χ4v) is 5.82. The van der Waals surface area contributed by atoms with Crippen molar-refractivity contribution in [2.45, 2.75) is 63.8 Å². The van der Waals surface area contributed by atoms with Crippen LogP contribution in [0.15, 0.2) is 48.5 Å². The van der Waals surface area contributed by atoms with Crippen LogP contribution in [0.4, 0.5) is 0 Å². The molecule has 0 amide bonds. The van der Waals surface area contributed by atoms with Crippen molar-refractivity contribution in [3.05, 3.63) is 69.7 Å². The molecule has 1 atom stereocenters. The predicted octanol–water partition coefficient (Wildman–Crippen LogP) is 7.64. The molecular weight excluding hydrogens is 411 g/mol. The van der Waals surface area contributed by atoms with E-state index in [2.05, 4.69) is 48.2 Å². The molecule has 0 bridgehead atoms. The van der Waals surface area contributed by atoms with Crippen LogP contribution in [-0.4, -0.2) is 18.0 Å². The highest BCUT2D eigenvalue weighted by atomic mass is 35.5. The molecular formula is C26H32Cl2N2. The van der Waals surface area contributed by atoms with Crippen molar-refractivity contribution in [2.24, 2.45) is 5.92 Å². The Morgan fingerprint density at radius 1 is 1.00 bits per heavy atom. The molecule has 1 fully saturated rings. The largest absolute Gasteiger partial charge is 0.299 e. The maximum Gasteiger partial charge on any atom is 0.0879 e. The van der Waals surface area contributed by atoms with Crippen LogP contribution < -0.4 is 0 Å². The normalized spacial score (nSPS) is 16.5. The molecule has 1 aliphatic carbocycles. The van der Waals surface area contributed by atoms with Crippen LogP contribution in [0.25, 0.3) is 0 Å². The molecule has 1 saturated carbocycles. The van der Waals surface area contributed by atoms with Crippen molar-refractivity contribution in [3.8, 4) is 6.07 Å². The molecule has 0 aromatic heterocycles. The van der Waals surface area contributed by atoms with Gasteiger partial charge in [0.2, 0.25) is 0 Å². The molecule has 30 heavy (non-hydrogen) atoms. The minimum atomic E-state index is -0.601. The SMILES string of the molecule is CCCN(CCCC(C#N)(c1c(Cl)cccc1Cl)C1CCCC1)Cc1ccccc1. The molecule has 0 aliphatic heterocycles. The summed E-state index contributed by atoms with van der Waals surface area (Å²) in [5.74, 6) is 0.327. The van der Waals surface area contributed by atoms with Gasteiger partial charge in [-0.1, -0.05) is 79.4 Å². The van der Waals surface area contributed by atoms with Crippen LogP contribution in [0.2, 0.25) is 10.0 Å². The number of halogens is 2. The summed E-state index contributed by atoms with van der Waals surface area (Å²) in [6.07, 6.45) is 7.41. The smallest absolute Gasteiger partial charge is 0.0879 e. The van der Waals surface area contributed by atoms with Crippen LogP contribution in [-0.2, 0) is 12.0 Å². The Hall–Kier alpha value is -1.53. The summed E-state index contributed by atoms with van der Waals surface area (Å²) in [5.41, 5.74) is 1.59. The lowest BCUT2D eigenvalue weighted by Gasteiger charge is -2.35. The van der Waals surface area contributed by atoms with Crippen LogP contribution >= 0.6 is 23.2 Å². The fraction of sp³-hybridized carbons (Fsp3) is 0.500. The van der Waals surface area contributed by atoms with Gasteiger partial charge >= 0.3 is 0 Å². The number of benzene rings is 2. The van der Waals surface area contributed by atoms with Crippen molar-refractivity contribution in [3.63, 3.8) is 0 Å². The van der Waals surface area contributed by atoms with Gasteiger partial charge in [-0.25, -0.2) is 0 Å². The number of hydrogen-bond donors (Lipinski definition) is 0. The highest BCUT2D eigenvalue weighted by Crippen LogP contribution is 2.49. The van der Waals surface area contributed by atoms with E-state index in [1.165, 1.54) is 18.4 Å². The monoisotopic (exact) mass is 442 g/mol. The first-order valence-corrected chi connectivity index (χ1v) is 12.0. The highest BCUT2D eigenvalue weighted by Gasteiger charge is 2.44. The zero-order chi connectivity index (χ0) is 21.4. The van der Waals surface area contributed by atoms with E-state index in [4.69, 9.17) is 23.2 Å². The fourth-order valence-electron chi connectivity index (χ4n) is 5.09. The van der Waals surface area contributed by atoms with Crippen LogP contribution in [0.5, 0.6) is 0 Å². The lowest BCUT2D eigenvalue weighted by Crippen LogP contribution is -2.35. The quantitative estimate of drug-likeness (QED) is 0.377. The molecule has 0 heterocycles. The Morgan fingerprint density at radius 3 is 2.27 bits per heavy atom. The van der Waals surface area contributed by atoms with Crippen LogP contribution in [0.1, 0.15) is 63.0 Å². The van der Waals surface area contributed by atoms with E-state index in [1.807, 2.05) is 18.2 Å². The van der Waals surface area contributed by atoms with E-state index in [1.54, 1.807) is 0 Å². The van der Waals surface area contributed by atoms with Crippen molar-refractivity contribution in [2.75, 3.05) is 13.1 Å². The van der Waals surface area contributed by atoms with Gasteiger partial charge in [0, 0.05) is 22.2 Å². The summed E-state index contributed by atoms with van der Waals surface area (Å²) < 4.78 is 0. The predicted molar refractivity (Wildman–Crippen MR) is 127 cm³/mol. The van der Waals surface area contributed by atoms with E-state index in [-0.39, 0.29) is 0 Å². The van der Waals surface area contributed by atoms with Gasteiger partial charge in [0.05, 0.1) is 11.5 Å². The van der Waals surface area contributed by atoms with E-state index >= 15 is 0 Å². The second-order valence-electron chi connectivity index (χ2n) is 8.53. The average molecular weight is 443 g/mol. The molecule has 1 aliphatic rings. The lowest BCUT2D eigenvalue weighted by molar-refractivity contribution is 0.238. The topological polar surface area (TPSA) is 27.0 Å². The van der Waals surface area contributed by atoms with E-state index in [0.29, 0.717) is 16.0 Å². The second-order valence-corrected chi connectivity index (χ2v) is 9.34. The minimum absolute atomic E-state index is 0.327. The summed E-state index contributed by atoms with van der Waals surface area (Å²) in [4.78, 5) is 2.50. The van der Waals surface area contributed by atoms with Crippen molar-refractivity contribution in [1.82, 2.24) is 4.90 Å². The molecule has 160 valence electrons. The molecule has 2 nitrogen and oxygen atoms in total. The number of nitrogens with zero attached hydrogens (tertiary/aromatic N) is 2. The molecule has 1 unspecified atom stereocenters. The van der Waals surface area contributed by atoms with Gasteiger partial charge in [0.15, 0.2) is 0 Å². The van der Waals surface area contributed by atoms with Crippen LogP contribution in [0, 0.1) is 17.2 Å². The maximum absolute atomic E-state index is 10.5. The third-order valence-corrected chi connectivity index (χ3v) is 7.12. The third-order valence-electron chi connectivity index (χ3n) is 6.49. The second kappa shape index (κ2) is 11.2. The molecule has 3 rings (SSSR count). The number of hydrogen-bond acceptors (Lipinski definition) is 2. The van der Waals surface area contributed by atoms with Crippen molar-refractivity contribution in [1.29, 1.82) is 5.26 Å². The molecule has 2 aromatic rings. The summed E-state index contributed by atoms with van der Waals surface area (Å²) >= 11 is 13.2. The summed E-state index contributed by atoms with van der Waals surface area (Å²) in [5, 5.41) is 11.7. The molecule has 0 saturated heterocycles. The Morgan fingerprint density at radius 2 is 1.67 bits per heavy atom. The molecule has 4 heteroatoms. The Kier molecular flexibility index (Phi) is 8.63. The molecule has 2 aromatic carbocycles. The molecule has 0 spiro atoms. The van der Waals surface area contributed by atoms with E-state index < -0.39 is 5.41 Å². The van der Waals surface area contributed by atoms with Crippen molar-refractivity contribution >= 4 is 23.2 Å². The Labute approximate surface area is 191 Å². The number of nitriles is 1. The zero-order valence-corrected chi connectivity index (χ0v) is 19.4. The van der Waals surface area contributed by atoms with Crippen LogP contribution in [0.3, 0.4) is 0 Å². The first kappa shape index (κ1) is 23.1. The summed E-state index contributed by atoms with van der Waals surface area (Å²) in [6, 6.07) is 19.0. The Balaban J connectivity index is 1.79. The van der Waals surface area contributed by atoms with Gasteiger partial charge in [-0.3, -0.25) is 4.90 Å². The van der Waals surface area contributed by atoms with Gasteiger partial charge in [-0.15, -0.1) is 0 Å². The van der Waals surface area contributed by atoms with E-state index in [0.717, 1.165) is 57.3 Å². The summed E-state index contributed by atoms with van der Waals surface area (Å²) in [6.45, 7) is 5.20. The van der Waals surface area contributed by atoms with Gasteiger partial charge in [-0.2, -0.15) is 5.26 Å². The van der Waals surface area contributed by atoms with Gasteiger partial charge in [-0.05, 0) is 68.8 Å². The van der Waals surface area contributed by atoms with Gasteiger partial charge < -0.3 is 0 Å². The first-order valence-electron chi connectivity index (χ1n) is 11.2. The highest BCUT2D eigenvalue weighted by molar-refractivity contribution is 6.36. The summed E-state index contributed by atoms with van der Waals surface area (Å²) in [7, 11) is 0. The maximum atomic E-state index is 10.5. The average Bonchev–Trinajstić information content (AvgIpc) is 3.28. The first-order chi connectivity index (χ1) is 14.6. The Bertz CT molecular complexity index is 820. The van der Waals surface area contributed by atoms with Gasteiger partial charge in [0.1, 0.15) is 0 Å². The minimum Gasteiger partial charge on any atom is -0.299 e. The number of rotatable bonds is 10. The molecule has 0 N–H and O–H groups in total. The molecule has 0 radical (unpaired) electrons. The standard InChI is InChI=1S/C26H32Cl2N2/c1-2-17-30(19-21-10-4-3-5-11-21)18-9-16-26(20-29,22-12-6-7-13-22)25-23(27)14-8-15-24(25)28/h3-5,8,10-11,14-15,22H,2,6-7,9,12-13,16-19H2,1H3.